The second kappa shape index (κ2) is 11.7. The molecule has 1 aromatic rings. The zero-order valence-electron chi connectivity index (χ0n) is 12.7. The molecule has 1 rings (SSSR count). The van der Waals surface area contributed by atoms with E-state index in [1.54, 1.807) is 7.11 Å². The van der Waals surface area contributed by atoms with Crippen molar-refractivity contribution in [2.45, 2.75) is 19.8 Å². The van der Waals surface area contributed by atoms with Gasteiger partial charge < -0.3 is 19.5 Å². The van der Waals surface area contributed by atoms with Crippen LogP contribution in [0.3, 0.4) is 0 Å². The smallest absolute Gasteiger partial charge is 0.119 e. The summed E-state index contributed by atoms with van der Waals surface area (Å²) in [5.41, 5.74) is 1.33. The molecule has 1 N–H and O–H groups in total. The summed E-state index contributed by atoms with van der Waals surface area (Å²) in [6.45, 7) is 6.72. The maximum absolute atomic E-state index is 5.60. The summed E-state index contributed by atoms with van der Waals surface area (Å²) in [4.78, 5) is 0. The monoisotopic (exact) mass is 281 g/mol. The van der Waals surface area contributed by atoms with Gasteiger partial charge in [0, 0.05) is 20.3 Å². The number of hydrogen-bond acceptors (Lipinski definition) is 4. The van der Waals surface area contributed by atoms with Crippen molar-refractivity contribution in [2.75, 3.05) is 46.6 Å². The summed E-state index contributed by atoms with van der Waals surface area (Å²) in [6, 6.07) is 8.21. The van der Waals surface area contributed by atoms with Crippen LogP contribution in [0.15, 0.2) is 24.3 Å². The standard InChI is InChI=1S/C16H27NO3/c1-3-15-5-7-16(8-6-15)20-14-13-19-12-10-17-9-4-11-18-2/h5-8,17H,3-4,9-14H2,1-2H3. The van der Waals surface area contributed by atoms with E-state index in [0.29, 0.717) is 19.8 Å². The highest BCUT2D eigenvalue weighted by Crippen LogP contribution is 2.12. The SMILES string of the molecule is CCc1ccc(OCCOCCNCCCOC)cc1. The van der Waals surface area contributed by atoms with Crippen LogP contribution in [0.25, 0.3) is 0 Å². The molecule has 0 aliphatic rings. The van der Waals surface area contributed by atoms with Gasteiger partial charge in [0.15, 0.2) is 0 Å². The second-order valence-corrected chi connectivity index (χ2v) is 4.55. The fourth-order valence-electron chi connectivity index (χ4n) is 1.75. The van der Waals surface area contributed by atoms with Gasteiger partial charge in [-0.1, -0.05) is 19.1 Å². The second-order valence-electron chi connectivity index (χ2n) is 4.55. The Morgan fingerprint density at radius 3 is 2.45 bits per heavy atom. The number of hydrogen-bond donors (Lipinski definition) is 1. The van der Waals surface area contributed by atoms with Gasteiger partial charge in [0.2, 0.25) is 0 Å². The lowest BCUT2D eigenvalue weighted by Gasteiger charge is -2.08. The van der Waals surface area contributed by atoms with E-state index in [2.05, 4.69) is 24.4 Å². The molecule has 0 saturated heterocycles. The molecule has 20 heavy (non-hydrogen) atoms. The van der Waals surface area contributed by atoms with Crippen LogP contribution in [-0.4, -0.2) is 46.6 Å². The van der Waals surface area contributed by atoms with Crippen molar-refractivity contribution in [1.29, 1.82) is 0 Å². The molecular formula is C16H27NO3. The Labute approximate surface area is 122 Å². The maximum atomic E-state index is 5.60. The molecule has 4 heteroatoms. The topological polar surface area (TPSA) is 39.7 Å². The maximum Gasteiger partial charge on any atom is 0.119 e. The molecule has 0 saturated carbocycles. The Morgan fingerprint density at radius 1 is 0.950 bits per heavy atom. The molecule has 0 atom stereocenters. The average Bonchev–Trinajstić information content (AvgIpc) is 2.50. The molecule has 114 valence electrons. The minimum Gasteiger partial charge on any atom is -0.491 e. The largest absolute Gasteiger partial charge is 0.491 e. The lowest BCUT2D eigenvalue weighted by Crippen LogP contribution is -2.22. The van der Waals surface area contributed by atoms with E-state index >= 15 is 0 Å². The van der Waals surface area contributed by atoms with E-state index in [-0.39, 0.29) is 0 Å². The highest BCUT2D eigenvalue weighted by atomic mass is 16.5. The normalized spacial score (nSPS) is 10.7. The van der Waals surface area contributed by atoms with Crippen LogP contribution in [0, 0.1) is 0 Å². The molecule has 0 aliphatic heterocycles. The van der Waals surface area contributed by atoms with Crippen LogP contribution in [0.1, 0.15) is 18.9 Å². The number of benzene rings is 1. The summed E-state index contributed by atoms with van der Waals surface area (Å²) < 4.78 is 16.1. The highest BCUT2D eigenvalue weighted by molar-refractivity contribution is 5.27. The van der Waals surface area contributed by atoms with Gasteiger partial charge >= 0.3 is 0 Å². The third-order valence-corrected chi connectivity index (χ3v) is 2.95. The summed E-state index contributed by atoms with van der Waals surface area (Å²) in [6.07, 6.45) is 2.09. The first-order valence-corrected chi connectivity index (χ1v) is 7.36. The first-order valence-electron chi connectivity index (χ1n) is 7.36. The predicted molar refractivity (Wildman–Crippen MR) is 81.5 cm³/mol. The lowest BCUT2D eigenvalue weighted by atomic mass is 10.2. The van der Waals surface area contributed by atoms with Gasteiger partial charge in [-0.15, -0.1) is 0 Å². The van der Waals surface area contributed by atoms with Crippen molar-refractivity contribution in [2.24, 2.45) is 0 Å². The Morgan fingerprint density at radius 2 is 1.75 bits per heavy atom. The van der Waals surface area contributed by atoms with E-state index in [9.17, 15) is 0 Å². The quantitative estimate of drug-likeness (QED) is 0.597. The molecule has 0 radical (unpaired) electrons. The van der Waals surface area contributed by atoms with Gasteiger partial charge in [-0.05, 0) is 37.1 Å². The molecule has 0 aliphatic carbocycles. The summed E-state index contributed by atoms with van der Waals surface area (Å²) in [5, 5.41) is 3.30. The Hall–Kier alpha value is -1.10. The fraction of sp³-hybridized carbons (Fsp3) is 0.625. The average molecular weight is 281 g/mol. The molecule has 0 spiro atoms. The zero-order valence-corrected chi connectivity index (χ0v) is 12.7. The summed E-state index contributed by atoms with van der Waals surface area (Å²) in [5.74, 6) is 0.906. The van der Waals surface area contributed by atoms with E-state index in [1.165, 1.54) is 5.56 Å². The minimum absolute atomic E-state index is 0.592. The number of nitrogens with one attached hydrogen (secondary N) is 1. The van der Waals surface area contributed by atoms with Crippen molar-refractivity contribution in [1.82, 2.24) is 5.32 Å². The van der Waals surface area contributed by atoms with Gasteiger partial charge in [0.05, 0.1) is 13.2 Å². The Kier molecular flexibility index (Phi) is 9.92. The predicted octanol–water partition coefficient (Wildman–Crippen LogP) is 2.27. The van der Waals surface area contributed by atoms with Gasteiger partial charge in [0.1, 0.15) is 12.4 Å². The van der Waals surface area contributed by atoms with Crippen LogP contribution >= 0.6 is 0 Å². The first kappa shape index (κ1) is 17.0. The van der Waals surface area contributed by atoms with Crippen molar-refractivity contribution in [3.8, 4) is 5.75 Å². The fourth-order valence-corrected chi connectivity index (χ4v) is 1.75. The van der Waals surface area contributed by atoms with Crippen LogP contribution in [0.2, 0.25) is 0 Å². The number of aryl methyl sites for hydroxylation is 1. The highest BCUT2D eigenvalue weighted by Gasteiger charge is 1.95. The van der Waals surface area contributed by atoms with Crippen LogP contribution in [0.4, 0.5) is 0 Å². The number of rotatable bonds is 12. The van der Waals surface area contributed by atoms with Crippen LogP contribution < -0.4 is 10.1 Å². The van der Waals surface area contributed by atoms with Crippen molar-refractivity contribution in [3.05, 3.63) is 29.8 Å². The third kappa shape index (κ3) is 8.15. The van der Waals surface area contributed by atoms with Gasteiger partial charge in [-0.25, -0.2) is 0 Å². The molecule has 0 fully saturated rings. The van der Waals surface area contributed by atoms with Crippen molar-refractivity contribution in [3.63, 3.8) is 0 Å². The van der Waals surface area contributed by atoms with Crippen molar-refractivity contribution < 1.29 is 14.2 Å². The molecule has 0 heterocycles. The third-order valence-electron chi connectivity index (χ3n) is 2.95. The Bertz CT molecular complexity index is 327. The summed E-state index contributed by atoms with van der Waals surface area (Å²) >= 11 is 0. The molecule has 0 aromatic heterocycles. The van der Waals surface area contributed by atoms with Gasteiger partial charge in [-0.3, -0.25) is 0 Å². The molecule has 1 aromatic carbocycles. The zero-order chi connectivity index (χ0) is 14.5. The molecule has 0 bridgehead atoms. The molecule has 4 nitrogen and oxygen atoms in total. The molecule has 0 unspecified atom stereocenters. The van der Waals surface area contributed by atoms with Crippen LogP contribution in [0.5, 0.6) is 5.75 Å². The minimum atomic E-state index is 0.592. The number of ether oxygens (including phenoxy) is 3. The van der Waals surface area contributed by atoms with E-state index in [0.717, 1.165) is 38.3 Å². The van der Waals surface area contributed by atoms with E-state index in [4.69, 9.17) is 14.2 Å². The van der Waals surface area contributed by atoms with E-state index < -0.39 is 0 Å². The molecular weight excluding hydrogens is 254 g/mol. The van der Waals surface area contributed by atoms with Gasteiger partial charge in [0.25, 0.3) is 0 Å². The summed E-state index contributed by atoms with van der Waals surface area (Å²) in [7, 11) is 1.72. The first-order chi connectivity index (χ1) is 9.86. The van der Waals surface area contributed by atoms with Crippen LogP contribution in [-0.2, 0) is 15.9 Å². The molecule has 0 amide bonds. The van der Waals surface area contributed by atoms with Crippen molar-refractivity contribution >= 4 is 0 Å². The van der Waals surface area contributed by atoms with E-state index in [1.807, 2.05) is 12.1 Å². The lowest BCUT2D eigenvalue weighted by molar-refractivity contribution is 0.101. The Balaban J connectivity index is 1.91. The number of methoxy groups -OCH3 is 1. The van der Waals surface area contributed by atoms with Gasteiger partial charge in [-0.2, -0.15) is 0 Å².